The number of aliphatic hydroxyl groups excluding tert-OH is 1. The molecule has 2 aromatic heterocycles. The van der Waals surface area contributed by atoms with Crippen LogP contribution in [0.4, 0.5) is 0 Å². The van der Waals surface area contributed by atoms with Crippen molar-refractivity contribution < 1.29 is 9.90 Å². The zero-order valence-corrected chi connectivity index (χ0v) is 25.8. The molecule has 0 aliphatic rings. The molecule has 0 fully saturated rings. The first kappa shape index (κ1) is 32.1. The van der Waals surface area contributed by atoms with Crippen molar-refractivity contribution in [2.75, 3.05) is 6.54 Å². The molecule has 4 rings (SSSR count). The summed E-state index contributed by atoms with van der Waals surface area (Å²) < 4.78 is 2.09. The van der Waals surface area contributed by atoms with Gasteiger partial charge in [-0.05, 0) is 80.6 Å². The van der Waals surface area contributed by atoms with Crippen LogP contribution in [0.3, 0.4) is 0 Å². The Kier molecular flexibility index (Phi) is 12.1. The minimum atomic E-state index is -0.652. The monoisotopic (exact) mass is 574 g/mol. The minimum Gasteiger partial charge on any atom is -0.387 e. The Bertz CT molecular complexity index is 1400. The lowest BCUT2D eigenvalue weighted by Gasteiger charge is -2.18. The van der Waals surface area contributed by atoms with Crippen LogP contribution in [0.2, 0.25) is 5.02 Å². The van der Waals surface area contributed by atoms with Gasteiger partial charge in [-0.1, -0.05) is 67.9 Å². The Morgan fingerprint density at radius 1 is 0.951 bits per heavy atom. The molecule has 41 heavy (non-hydrogen) atoms. The molecule has 0 radical (unpaired) electrons. The summed E-state index contributed by atoms with van der Waals surface area (Å²) >= 11 is 6.09. The molecule has 0 saturated carbocycles. The predicted molar refractivity (Wildman–Crippen MR) is 169 cm³/mol. The summed E-state index contributed by atoms with van der Waals surface area (Å²) in [6, 6.07) is 22.1. The van der Waals surface area contributed by atoms with E-state index in [9.17, 15) is 9.90 Å². The van der Waals surface area contributed by atoms with Crippen molar-refractivity contribution >= 4 is 17.5 Å². The molecule has 2 heterocycles. The van der Waals surface area contributed by atoms with Crippen LogP contribution in [0.5, 0.6) is 0 Å². The lowest BCUT2D eigenvalue weighted by molar-refractivity contribution is -0.120. The average molecular weight is 575 g/mol. The van der Waals surface area contributed by atoms with E-state index in [1.165, 1.54) is 0 Å². The van der Waals surface area contributed by atoms with Gasteiger partial charge in [-0.25, -0.2) is 4.98 Å². The van der Waals surface area contributed by atoms with E-state index in [0.717, 1.165) is 56.5 Å². The molecule has 0 aliphatic heterocycles. The van der Waals surface area contributed by atoms with Crippen molar-refractivity contribution in [3.05, 3.63) is 117 Å². The van der Waals surface area contributed by atoms with Gasteiger partial charge >= 0.3 is 0 Å². The van der Waals surface area contributed by atoms with Gasteiger partial charge in [0.05, 0.1) is 12.5 Å². The Balaban J connectivity index is 0.00000226. The lowest BCUT2D eigenvalue weighted by atomic mass is 10.0. The summed E-state index contributed by atoms with van der Waals surface area (Å²) in [6.45, 7) is 13.1. The van der Waals surface area contributed by atoms with E-state index in [4.69, 9.17) is 11.6 Å². The van der Waals surface area contributed by atoms with Gasteiger partial charge in [-0.2, -0.15) is 0 Å². The molecule has 218 valence electrons. The highest BCUT2D eigenvalue weighted by atomic mass is 35.5. The molecular formula is C34H43ClN4O2. The molecule has 4 aromatic rings. The summed E-state index contributed by atoms with van der Waals surface area (Å²) in [5, 5.41) is 17.9. The van der Waals surface area contributed by atoms with E-state index in [-0.39, 0.29) is 11.9 Å². The van der Waals surface area contributed by atoms with Crippen LogP contribution < -0.4 is 10.6 Å². The van der Waals surface area contributed by atoms with Crippen molar-refractivity contribution in [1.82, 2.24) is 20.2 Å². The molecule has 7 heteroatoms. The van der Waals surface area contributed by atoms with Crippen LogP contribution >= 0.6 is 11.6 Å². The number of amides is 1. The Labute approximate surface area is 249 Å². The fourth-order valence-corrected chi connectivity index (χ4v) is 4.86. The number of benzene rings is 2. The van der Waals surface area contributed by atoms with Gasteiger partial charge in [0, 0.05) is 47.3 Å². The third kappa shape index (κ3) is 9.28. The van der Waals surface area contributed by atoms with Crippen molar-refractivity contribution in [3.8, 4) is 5.82 Å². The van der Waals surface area contributed by atoms with E-state index >= 15 is 0 Å². The lowest BCUT2D eigenvalue weighted by Crippen LogP contribution is -2.32. The molecule has 0 saturated heterocycles. The van der Waals surface area contributed by atoms with Crippen molar-refractivity contribution in [3.63, 3.8) is 0 Å². The van der Waals surface area contributed by atoms with E-state index < -0.39 is 6.10 Å². The molecule has 2 atom stereocenters. The van der Waals surface area contributed by atoms with Gasteiger partial charge < -0.3 is 20.3 Å². The molecule has 0 spiro atoms. The molecule has 1 amide bonds. The Morgan fingerprint density at radius 2 is 1.66 bits per heavy atom. The second-order valence-electron chi connectivity index (χ2n) is 10.3. The number of pyridine rings is 1. The first-order valence-corrected chi connectivity index (χ1v) is 14.7. The number of hydrogen-bond acceptors (Lipinski definition) is 4. The normalized spacial score (nSPS) is 12.3. The van der Waals surface area contributed by atoms with Gasteiger partial charge in [0.25, 0.3) is 0 Å². The van der Waals surface area contributed by atoms with Crippen LogP contribution in [-0.4, -0.2) is 33.2 Å². The standard InChI is InChI=1S/C32H37ClN4O2.C2H6/c1-21-14-27(10-12-29(21)33)18-36-32(39)17-26-7-5-6-25(16-26)15-22(2)34-20-30(38)28-11-13-31(35-19-28)37-23(3)8-9-24(37)4;1-2/h5-14,16,19,22,30,34,38H,15,17-18,20H2,1-4H3,(H,36,39);1-2H3. The minimum absolute atomic E-state index is 0.0178. The zero-order chi connectivity index (χ0) is 29.9. The fourth-order valence-electron chi connectivity index (χ4n) is 4.74. The van der Waals surface area contributed by atoms with Crippen molar-refractivity contribution in [1.29, 1.82) is 0 Å². The number of aliphatic hydroxyl groups is 1. The summed E-state index contributed by atoms with van der Waals surface area (Å²) in [6.07, 6.45) is 2.20. The maximum Gasteiger partial charge on any atom is 0.224 e. The van der Waals surface area contributed by atoms with Crippen molar-refractivity contribution in [2.24, 2.45) is 0 Å². The van der Waals surface area contributed by atoms with Crippen LogP contribution in [0.15, 0.2) is 72.9 Å². The molecule has 2 unspecified atom stereocenters. The summed E-state index contributed by atoms with van der Waals surface area (Å²) in [4.78, 5) is 17.1. The SMILES string of the molecule is CC.Cc1cc(CNC(=O)Cc2cccc(CC(C)NCC(O)c3ccc(-n4c(C)ccc4C)nc3)c2)ccc1Cl. The number of rotatable bonds is 11. The number of halogens is 1. The molecule has 6 nitrogen and oxygen atoms in total. The number of aromatic nitrogens is 2. The van der Waals surface area contributed by atoms with Crippen LogP contribution in [0.25, 0.3) is 5.82 Å². The van der Waals surface area contributed by atoms with Gasteiger partial charge in [0.15, 0.2) is 0 Å². The van der Waals surface area contributed by atoms with Crippen LogP contribution in [0.1, 0.15) is 66.1 Å². The van der Waals surface area contributed by atoms with Gasteiger partial charge in [-0.3, -0.25) is 4.79 Å². The van der Waals surface area contributed by atoms with Crippen LogP contribution in [0, 0.1) is 20.8 Å². The summed E-state index contributed by atoms with van der Waals surface area (Å²) in [7, 11) is 0. The molecule has 3 N–H and O–H groups in total. The number of carbonyl (C=O) groups is 1. The van der Waals surface area contributed by atoms with Gasteiger partial charge in [0.2, 0.25) is 5.91 Å². The maximum absolute atomic E-state index is 12.5. The van der Waals surface area contributed by atoms with E-state index in [1.54, 1.807) is 6.20 Å². The Hall–Kier alpha value is -3.45. The van der Waals surface area contributed by atoms with Gasteiger partial charge in [0.1, 0.15) is 5.82 Å². The van der Waals surface area contributed by atoms with E-state index in [0.29, 0.717) is 19.5 Å². The van der Waals surface area contributed by atoms with Crippen LogP contribution in [-0.2, 0) is 24.2 Å². The quantitative estimate of drug-likeness (QED) is 0.189. The number of aryl methyl sites for hydroxylation is 3. The molecule has 2 aromatic carbocycles. The van der Waals surface area contributed by atoms with Gasteiger partial charge in [-0.15, -0.1) is 0 Å². The highest BCUT2D eigenvalue weighted by Crippen LogP contribution is 2.18. The third-order valence-corrected chi connectivity index (χ3v) is 7.35. The molecule has 0 bridgehead atoms. The average Bonchev–Trinajstić information content (AvgIpc) is 3.31. The number of carbonyl (C=O) groups excluding carboxylic acids is 1. The maximum atomic E-state index is 12.5. The first-order valence-electron chi connectivity index (χ1n) is 14.3. The second kappa shape index (κ2) is 15.5. The highest BCUT2D eigenvalue weighted by molar-refractivity contribution is 6.31. The second-order valence-corrected chi connectivity index (χ2v) is 10.7. The molecular weight excluding hydrogens is 532 g/mol. The number of nitrogens with one attached hydrogen (secondary N) is 2. The first-order chi connectivity index (χ1) is 19.7. The third-order valence-electron chi connectivity index (χ3n) is 6.93. The highest BCUT2D eigenvalue weighted by Gasteiger charge is 2.13. The smallest absolute Gasteiger partial charge is 0.224 e. The largest absolute Gasteiger partial charge is 0.387 e. The van der Waals surface area contributed by atoms with E-state index in [1.807, 2.05) is 63.2 Å². The summed E-state index contributed by atoms with van der Waals surface area (Å²) in [5.74, 6) is 0.830. The molecule has 0 aliphatic carbocycles. The van der Waals surface area contributed by atoms with E-state index in [2.05, 4.69) is 65.2 Å². The Morgan fingerprint density at radius 3 is 2.32 bits per heavy atom. The number of nitrogens with zero attached hydrogens (tertiary/aromatic N) is 2. The number of hydrogen-bond donors (Lipinski definition) is 3. The topological polar surface area (TPSA) is 79.2 Å². The zero-order valence-electron chi connectivity index (χ0n) is 25.0. The fraction of sp³-hybridized carbons (Fsp3) is 0.353. The summed E-state index contributed by atoms with van der Waals surface area (Å²) in [5.41, 5.74) is 7.18. The van der Waals surface area contributed by atoms with Crippen molar-refractivity contribution in [2.45, 2.75) is 73.1 Å². The predicted octanol–water partition coefficient (Wildman–Crippen LogP) is 6.59.